The first-order valence-electron chi connectivity index (χ1n) is 13.2. The molecule has 12 nitrogen and oxygen atoms in total. The Bertz CT molecular complexity index is 1450. The maximum atomic E-state index is 13.4. The van der Waals surface area contributed by atoms with Crippen LogP contribution in [0.1, 0.15) is 48.6 Å². The lowest BCUT2D eigenvalue weighted by Gasteiger charge is -2.23. The highest BCUT2D eigenvalue weighted by molar-refractivity contribution is 7.88. The number of amides is 3. The van der Waals surface area contributed by atoms with Gasteiger partial charge in [0.2, 0.25) is 27.7 Å². The summed E-state index contributed by atoms with van der Waals surface area (Å²) in [6, 6.07) is 13.0. The molecule has 3 rings (SSSR count). The fourth-order valence-electron chi connectivity index (χ4n) is 3.98. The van der Waals surface area contributed by atoms with Crippen LogP contribution in [0.4, 0.5) is 4.79 Å². The zero-order valence-electron chi connectivity index (χ0n) is 23.0. The molecule has 0 aliphatic carbocycles. The van der Waals surface area contributed by atoms with E-state index in [1.807, 2.05) is 6.92 Å². The van der Waals surface area contributed by atoms with Crippen molar-refractivity contribution in [1.82, 2.24) is 20.3 Å². The van der Waals surface area contributed by atoms with Gasteiger partial charge in [-0.15, -0.1) is 11.3 Å². The van der Waals surface area contributed by atoms with Gasteiger partial charge in [-0.2, -0.15) is 0 Å². The van der Waals surface area contributed by atoms with E-state index in [0.29, 0.717) is 35.2 Å². The molecule has 0 aliphatic rings. The van der Waals surface area contributed by atoms with Gasteiger partial charge in [0.1, 0.15) is 12.1 Å². The molecule has 0 aliphatic heterocycles. The number of hydrogen-bond acceptors (Lipinski definition) is 9. The number of unbranched alkanes of at least 4 members (excludes halogenated alkanes) is 1. The van der Waals surface area contributed by atoms with Crippen LogP contribution < -0.4 is 21.1 Å². The van der Waals surface area contributed by atoms with Gasteiger partial charge in [0.25, 0.3) is 0 Å². The van der Waals surface area contributed by atoms with E-state index in [-0.39, 0.29) is 18.7 Å². The number of nitrogens with one attached hydrogen (secondary N) is 4. The van der Waals surface area contributed by atoms with Crippen LogP contribution in [0.15, 0.2) is 65.5 Å². The van der Waals surface area contributed by atoms with Crippen molar-refractivity contribution < 1.29 is 27.5 Å². The lowest BCUT2D eigenvalue weighted by molar-refractivity contribution is -0.130. The van der Waals surface area contributed by atoms with E-state index in [1.54, 1.807) is 65.5 Å². The summed E-state index contributed by atoms with van der Waals surface area (Å²) in [6.07, 6.45) is 0.730. The minimum atomic E-state index is -3.90. The zero-order chi connectivity index (χ0) is 30.5. The Hall–Kier alpha value is -4.14. The van der Waals surface area contributed by atoms with Gasteiger partial charge in [-0.25, -0.2) is 22.9 Å². The molecule has 3 amide bonds. The Labute approximate surface area is 248 Å². The summed E-state index contributed by atoms with van der Waals surface area (Å²) in [5.74, 6) is -1.76. The Balaban J connectivity index is 1.68. The molecule has 0 saturated heterocycles. The van der Waals surface area contributed by atoms with Gasteiger partial charge in [-0.1, -0.05) is 62.2 Å². The molecule has 14 heteroatoms. The van der Waals surface area contributed by atoms with Crippen LogP contribution in [0.25, 0.3) is 0 Å². The molecule has 0 bridgehead atoms. The van der Waals surface area contributed by atoms with Crippen LogP contribution in [-0.4, -0.2) is 49.3 Å². The van der Waals surface area contributed by atoms with Crippen molar-refractivity contribution in [3.63, 3.8) is 0 Å². The normalized spacial score (nSPS) is 12.6. The molecule has 42 heavy (non-hydrogen) atoms. The first-order chi connectivity index (χ1) is 20.1. The molecule has 0 spiro atoms. The first kappa shape index (κ1) is 32.4. The van der Waals surface area contributed by atoms with E-state index >= 15 is 0 Å². The largest absolute Gasteiger partial charge is 0.411 e. The van der Waals surface area contributed by atoms with Crippen molar-refractivity contribution in [2.45, 2.75) is 57.0 Å². The standard InChI is InChI=1S/C28H34N6O6S2/c1-2-3-9-23(26(35)31-15-19-10-12-21(13-11-19)25(29)40-28(30)37)33-27(36)24(14-22-16-41-18-32-22)34-42(38,39)17-20-7-5-4-6-8-20/h4-8,10-13,16,18,23-24,29,34H,2-3,9,14-15,17H2,1H3,(H2,30,37)(H,31,35)(H,33,36)/t23-,24+/m0/s1. The lowest BCUT2D eigenvalue weighted by atomic mass is 10.1. The van der Waals surface area contributed by atoms with E-state index < -0.39 is 45.9 Å². The molecular formula is C28H34N6O6S2. The maximum absolute atomic E-state index is 13.4. The van der Waals surface area contributed by atoms with Gasteiger partial charge < -0.3 is 21.1 Å². The minimum Gasteiger partial charge on any atom is -0.391 e. The van der Waals surface area contributed by atoms with Crippen LogP contribution in [-0.2, 0) is 43.1 Å². The van der Waals surface area contributed by atoms with Gasteiger partial charge in [0.05, 0.1) is 17.0 Å². The average molecular weight is 615 g/mol. The summed E-state index contributed by atoms with van der Waals surface area (Å²) >= 11 is 1.33. The van der Waals surface area contributed by atoms with E-state index in [9.17, 15) is 22.8 Å². The SMILES string of the molecule is CCCC[C@H](NC(=O)[C@@H](Cc1cscn1)NS(=O)(=O)Cc1ccccc1)C(=O)NCc1ccc(C(=N)OC(N)=O)cc1. The number of primary amides is 1. The molecule has 0 saturated carbocycles. The second-order valence-corrected chi connectivity index (χ2v) is 11.9. The first-order valence-corrected chi connectivity index (χ1v) is 15.8. The third-order valence-corrected chi connectivity index (χ3v) is 8.09. The van der Waals surface area contributed by atoms with Gasteiger partial charge in [-0.3, -0.25) is 15.0 Å². The quantitative estimate of drug-likeness (QED) is 0.128. The zero-order valence-corrected chi connectivity index (χ0v) is 24.7. The molecule has 0 unspecified atom stereocenters. The minimum absolute atomic E-state index is 0.0201. The Kier molecular flexibility index (Phi) is 12.1. The predicted molar refractivity (Wildman–Crippen MR) is 159 cm³/mol. The smallest absolute Gasteiger partial charge is 0.391 e. The van der Waals surface area contributed by atoms with E-state index in [2.05, 4.69) is 25.1 Å². The molecule has 2 atom stereocenters. The van der Waals surface area contributed by atoms with Crippen LogP contribution >= 0.6 is 11.3 Å². The molecule has 6 N–H and O–H groups in total. The number of carbonyl (C=O) groups is 3. The van der Waals surface area contributed by atoms with Crippen LogP contribution in [0.2, 0.25) is 0 Å². The highest BCUT2D eigenvalue weighted by atomic mass is 32.2. The summed E-state index contributed by atoms with van der Waals surface area (Å²) < 4.78 is 33.0. The van der Waals surface area contributed by atoms with Crippen molar-refractivity contribution in [2.75, 3.05) is 0 Å². The molecule has 3 aromatic rings. The Morgan fingerprint density at radius 2 is 1.74 bits per heavy atom. The Morgan fingerprint density at radius 1 is 1.02 bits per heavy atom. The Morgan fingerprint density at radius 3 is 2.36 bits per heavy atom. The van der Waals surface area contributed by atoms with Crippen LogP contribution in [0, 0.1) is 5.41 Å². The number of carbonyl (C=O) groups excluding carboxylic acids is 3. The summed E-state index contributed by atoms with van der Waals surface area (Å²) in [4.78, 5) is 41.6. The van der Waals surface area contributed by atoms with Crippen molar-refractivity contribution in [2.24, 2.45) is 5.73 Å². The second kappa shape index (κ2) is 15.7. The lowest BCUT2D eigenvalue weighted by Crippen LogP contribution is -2.54. The van der Waals surface area contributed by atoms with Crippen molar-refractivity contribution in [1.29, 1.82) is 5.41 Å². The van der Waals surface area contributed by atoms with Crippen molar-refractivity contribution >= 4 is 45.2 Å². The summed E-state index contributed by atoms with van der Waals surface area (Å²) in [5, 5.41) is 15.0. The van der Waals surface area contributed by atoms with Crippen LogP contribution in [0.3, 0.4) is 0 Å². The molecule has 2 aromatic carbocycles. The van der Waals surface area contributed by atoms with E-state index in [1.165, 1.54) is 11.3 Å². The average Bonchev–Trinajstić information content (AvgIpc) is 3.46. The van der Waals surface area contributed by atoms with Crippen LogP contribution in [0.5, 0.6) is 0 Å². The summed E-state index contributed by atoms with van der Waals surface area (Å²) in [7, 11) is -3.90. The van der Waals surface area contributed by atoms with E-state index in [4.69, 9.17) is 11.1 Å². The van der Waals surface area contributed by atoms with Gasteiger partial charge in [0, 0.05) is 23.9 Å². The fraction of sp³-hybridized carbons (Fsp3) is 0.321. The van der Waals surface area contributed by atoms with Gasteiger partial charge >= 0.3 is 6.09 Å². The maximum Gasteiger partial charge on any atom is 0.411 e. The third-order valence-electron chi connectivity index (χ3n) is 6.10. The van der Waals surface area contributed by atoms with Crippen molar-refractivity contribution in [3.05, 3.63) is 87.9 Å². The number of aromatic nitrogens is 1. The van der Waals surface area contributed by atoms with E-state index in [0.717, 1.165) is 6.42 Å². The molecule has 0 radical (unpaired) electrons. The number of ether oxygens (including phenoxy) is 1. The number of nitrogens with two attached hydrogens (primary N) is 1. The number of hydrogen-bond donors (Lipinski definition) is 5. The number of rotatable bonds is 15. The summed E-state index contributed by atoms with van der Waals surface area (Å²) in [5.41, 5.74) is 8.69. The third kappa shape index (κ3) is 10.7. The van der Waals surface area contributed by atoms with Crippen molar-refractivity contribution in [3.8, 4) is 0 Å². The summed E-state index contributed by atoms with van der Waals surface area (Å²) in [6.45, 7) is 2.09. The molecular weight excluding hydrogens is 580 g/mol. The monoisotopic (exact) mass is 614 g/mol. The fourth-order valence-corrected chi connectivity index (χ4v) is 5.89. The highest BCUT2D eigenvalue weighted by Crippen LogP contribution is 2.11. The predicted octanol–water partition coefficient (Wildman–Crippen LogP) is 2.59. The highest BCUT2D eigenvalue weighted by Gasteiger charge is 2.29. The molecule has 224 valence electrons. The van der Waals surface area contributed by atoms with Gasteiger partial charge in [-0.05, 0) is 29.7 Å². The number of nitrogens with zero attached hydrogens (tertiary/aromatic N) is 1. The van der Waals surface area contributed by atoms with Gasteiger partial charge in [0.15, 0.2) is 0 Å². The molecule has 1 aromatic heterocycles. The molecule has 1 heterocycles. The number of sulfonamides is 1. The second-order valence-electron chi connectivity index (χ2n) is 9.47. The topological polar surface area (TPSA) is 193 Å². The number of thiazole rings is 1. The number of benzene rings is 2. The molecule has 0 fully saturated rings.